The molecule has 0 aromatic heterocycles. The maximum atomic E-state index is 11.5. The number of rotatable bonds is 2. The van der Waals surface area contributed by atoms with Crippen LogP contribution in [0.2, 0.25) is 0 Å². The van der Waals surface area contributed by atoms with Gasteiger partial charge in [0.15, 0.2) is 10.6 Å². The van der Waals surface area contributed by atoms with E-state index in [2.05, 4.69) is 0 Å². The van der Waals surface area contributed by atoms with E-state index in [9.17, 15) is 4.79 Å². The van der Waals surface area contributed by atoms with Crippen molar-refractivity contribution in [2.24, 2.45) is 0 Å². The van der Waals surface area contributed by atoms with Gasteiger partial charge in [-0.15, -0.1) is 0 Å². The Hall–Kier alpha value is -1.05. The summed E-state index contributed by atoms with van der Waals surface area (Å²) in [5.74, 6) is -0.260. The fourth-order valence-electron chi connectivity index (χ4n) is 1.47. The molecule has 0 bridgehead atoms. The first kappa shape index (κ1) is 10.5. The largest absolute Gasteiger partial charge is 0.291 e. The second-order valence-electron chi connectivity index (χ2n) is 3.23. The minimum absolute atomic E-state index is 0.260. The zero-order valence-electron chi connectivity index (χ0n) is 7.78. The minimum atomic E-state index is -0.994. The lowest BCUT2D eigenvalue weighted by Crippen LogP contribution is -2.07. The van der Waals surface area contributed by atoms with Crippen molar-refractivity contribution in [3.05, 3.63) is 48.0 Å². The maximum absolute atomic E-state index is 11.5. The topological polar surface area (TPSA) is 17.1 Å². The van der Waals surface area contributed by atoms with Crippen molar-refractivity contribution < 1.29 is 4.79 Å². The molecule has 0 spiro atoms. The Morgan fingerprint density at radius 2 is 1.67 bits per heavy atom. The summed E-state index contributed by atoms with van der Waals surface area (Å²) in [5.41, 5.74) is 0.545. The van der Waals surface area contributed by atoms with Crippen LogP contribution in [0.4, 0.5) is 0 Å². The Bertz CT molecular complexity index is 506. The molecule has 2 rings (SSSR count). The van der Waals surface area contributed by atoms with Gasteiger partial charge >= 0.3 is 0 Å². The fourth-order valence-corrected chi connectivity index (χ4v) is 1.72. The van der Waals surface area contributed by atoms with E-state index in [4.69, 9.17) is 23.2 Å². The fraction of sp³-hybridized carbons (Fsp3) is 0.0833. The van der Waals surface area contributed by atoms with Gasteiger partial charge in [0, 0.05) is 5.56 Å². The van der Waals surface area contributed by atoms with Crippen LogP contribution in [-0.2, 0) is 0 Å². The predicted molar refractivity (Wildman–Crippen MR) is 63.8 cm³/mol. The lowest BCUT2D eigenvalue weighted by molar-refractivity contribution is 0.101. The molecule has 0 atom stereocenters. The van der Waals surface area contributed by atoms with Crippen LogP contribution in [0.3, 0.4) is 0 Å². The first-order valence-electron chi connectivity index (χ1n) is 4.49. The normalized spacial score (nSPS) is 10.9. The smallest absolute Gasteiger partial charge is 0.195 e. The van der Waals surface area contributed by atoms with Crippen molar-refractivity contribution in [3.63, 3.8) is 0 Å². The number of hydrogen-bond donors (Lipinski definition) is 0. The molecule has 1 nitrogen and oxygen atoms in total. The molecule has 0 saturated heterocycles. The van der Waals surface area contributed by atoms with Gasteiger partial charge < -0.3 is 0 Å². The number of carbonyl (C=O) groups is 1. The number of carbonyl (C=O) groups excluding carboxylic acids is 1. The third-order valence-corrected chi connectivity index (χ3v) is 2.63. The summed E-state index contributed by atoms with van der Waals surface area (Å²) in [6, 6.07) is 13.2. The van der Waals surface area contributed by atoms with Crippen molar-refractivity contribution in [1.29, 1.82) is 0 Å². The van der Waals surface area contributed by atoms with Crippen molar-refractivity contribution in [2.75, 3.05) is 0 Å². The molecule has 76 valence electrons. The molecule has 0 aliphatic rings. The van der Waals surface area contributed by atoms with Crippen LogP contribution in [0, 0.1) is 0 Å². The predicted octanol–water partition coefficient (Wildman–Crippen LogP) is 3.83. The van der Waals surface area contributed by atoms with E-state index < -0.39 is 4.84 Å². The first-order chi connectivity index (χ1) is 7.18. The second kappa shape index (κ2) is 4.21. The highest BCUT2D eigenvalue weighted by atomic mass is 35.5. The molecule has 0 heterocycles. The van der Waals surface area contributed by atoms with E-state index in [0.29, 0.717) is 5.56 Å². The highest BCUT2D eigenvalue weighted by Gasteiger charge is 2.13. The summed E-state index contributed by atoms with van der Waals surface area (Å²) in [7, 11) is 0. The summed E-state index contributed by atoms with van der Waals surface area (Å²) >= 11 is 11.1. The number of fused-ring (bicyclic) bond motifs is 1. The van der Waals surface area contributed by atoms with Crippen LogP contribution in [0.1, 0.15) is 10.4 Å². The lowest BCUT2D eigenvalue weighted by Gasteiger charge is -2.03. The van der Waals surface area contributed by atoms with Crippen LogP contribution in [0.5, 0.6) is 0 Å². The van der Waals surface area contributed by atoms with Crippen molar-refractivity contribution in [3.8, 4) is 0 Å². The SMILES string of the molecule is O=C(c1ccc2ccccc2c1)C(Cl)Cl. The molecular weight excluding hydrogens is 231 g/mol. The molecule has 0 aliphatic heterocycles. The monoisotopic (exact) mass is 238 g/mol. The molecule has 0 saturated carbocycles. The van der Waals surface area contributed by atoms with Gasteiger partial charge in [0.1, 0.15) is 0 Å². The Morgan fingerprint density at radius 3 is 2.33 bits per heavy atom. The molecule has 0 N–H and O–H groups in total. The highest BCUT2D eigenvalue weighted by molar-refractivity contribution is 6.55. The van der Waals surface area contributed by atoms with Crippen molar-refractivity contribution in [2.45, 2.75) is 4.84 Å². The number of ketones is 1. The quantitative estimate of drug-likeness (QED) is 0.575. The van der Waals surface area contributed by atoms with Crippen molar-refractivity contribution >= 4 is 39.8 Å². The second-order valence-corrected chi connectivity index (χ2v) is 4.32. The lowest BCUT2D eigenvalue weighted by atomic mass is 10.1. The van der Waals surface area contributed by atoms with Gasteiger partial charge in [-0.3, -0.25) is 4.79 Å². The van der Waals surface area contributed by atoms with Crippen LogP contribution < -0.4 is 0 Å². The van der Waals surface area contributed by atoms with Gasteiger partial charge in [0.2, 0.25) is 0 Å². The van der Waals surface area contributed by atoms with E-state index in [0.717, 1.165) is 10.8 Å². The van der Waals surface area contributed by atoms with E-state index in [1.54, 1.807) is 12.1 Å². The molecular formula is C12H8Cl2O. The van der Waals surface area contributed by atoms with Crippen LogP contribution >= 0.6 is 23.2 Å². The summed E-state index contributed by atoms with van der Waals surface area (Å²) in [6.45, 7) is 0. The first-order valence-corrected chi connectivity index (χ1v) is 5.37. The van der Waals surface area contributed by atoms with Crippen LogP contribution in [0.25, 0.3) is 10.8 Å². The third kappa shape index (κ3) is 2.14. The van der Waals surface area contributed by atoms with Crippen LogP contribution in [0.15, 0.2) is 42.5 Å². The van der Waals surface area contributed by atoms with Gasteiger partial charge in [-0.25, -0.2) is 0 Å². The highest BCUT2D eigenvalue weighted by Crippen LogP contribution is 2.18. The summed E-state index contributed by atoms with van der Waals surface area (Å²) in [6.07, 6.45) is 0. The zero-order chi connectivity index (χ0) is 10.8. The molecule has 0 radical (unpaired) electrons. The molecule has 0 unspecified atom stereocenters. The standard InChI is InChI=1S/C12H8Cl2O/c13-12(14)11(15)10-6-5-8-3-1-2-4-9(8)7-10/h1-7,12H. The number of hydrogen-bond acceptors (Lipinski definition) is 1. The number of benzene rings is 2. The van der Waals surface area contributed by atoms with E-state index >= 15 is 0 Å². The van der Waals surface area contributed by atoms with Crippen molar-refractivity contribution in [1.82, 2.24) is 0 Å². The molecule has 3 heteroatoms. The molecule has 0 amide bonds. The van der Waals surface area contributed by atoms with Gasteiger partial charge in [-0.1, -0.05) is 59.6 Å². The van der Waals surface area contributed by atoms with E-state index in [1.807, 2.05) is 30.3 Å². The third-order valence-electron chi connectivity index (χ3n) is 2.23. The minimum Gasteiger partial charge on any atom is -0.291 e. The van der Waals surface area contributed by atoms with Gasteiger partial charge in [-0.05, 0) is 16.8 Å². The summed E-state index contributed by atoms with van der Waals surface area (Å²) in [4.78, 5) is 10.5. The number of alkyl halides is 2. The zero-order valence-corrected chi connectivity index (χ0v) is 9.29. The average molecular weight is 239 g/mol. The summed E-state index contributed by atoms with van der Waals surface area (Å²) < 4.78 is 0. The maximum Gasteiger partial charge on any atom is 0.195 e. The summed E-state index contributed by atoms with van der Waals surface area (Å²) in [5, 5.41) is 2.10. The molecule has 15 heavy (non-hydrogen) atoms. The Labute approximate surface area is 97.6 Å². The Kier molecular flexibility index (Phi) is 2.94. The number of Topliss-reactive ketones (excluding diaryl/α,β-unsaturated/α-hetero) is 1. The van der Waals surface area contributed by atoms with E-state index in [1.165, 1.54) is 0 Å². The van der Waals surface area contributed by atoms with E-state index in [-0.39, 0.29) is 5.78 Å². The average Bonchev–Trinajstić information content (AvgIpc) is 2.27. The Balaban J connectivity index is 2.52. The molecule has 2 aromatic rings. The Morgan fingerprint density at radius 1 is 1.00 bits per heavy atom. The van der Waals surface area contributed by atoms with Gasteiger partial charge in [-0.2, -0.15) is 0 Å². The molecule has 2 aromatic carbocycles. The van der Waals surface area contributed by atoms with Gasteiger partial charge in [0.25, 0.3) is 0 Å². The molecule has 0 aliphatic carbocycles. The molecule has 0 fully saturated rings. The van der Waals surface area contributed by atoms with Gasteiger partial charge in [0.05, 0.1) is 0 Å². The number of halogens is 2. The van der Waals surface area contributed by atoms with Crippen LogP contribution in [-0.4, -0.2) is 10.6 Å².